The number of benzene rings is 1. The number of nitrogens with zero attached hydrogens (tertiary/aromatic N) is 7. The minimum absolute atomic E-state index is 0.390. The van der Waals surface area contributed by atoms with Crippen molar-refractivity contribution in [2.45, 2.75) is 6.92 Å². The van der Waals surface area contributed by atoms with Crippen molar-refractivity contribution in [2.24, 2.45) is 7.05 Å². The van der Waals surface area contributed by atoms with Crippen LogP contribution in [0.4, 0.5) is 0 Å². The minimum Gasteiger partial charge on any atom is -0.594 e. The summed E-state index contributed by atoms with van der Waals surface area (Å²) in [7, 11) is 1.84. The average molecular weight is 316 g/mol. The molecule has 9 heteroatoms. The van der Waals surface area contributed by atoms with Gasteiger partial charge in [0.05, 0.1) is 11.8 Å². The van der Waals surface area contributed by atoms with E-state index in [-0.39, 0.29) is 0 Å². The molecule has 110 valence electrons. The molecule has 0 unspecified atom stereocenters. The lowest BCUT2D eigenvalue weighted by molar-refractivity contribution is -0.640. The lowest BCUT2D eigenvalue weighted by atomic mass is 10.3. The van der Waals surface area contributed by atoms with E-state index in [1.807, 2.05) is 18.5 Å². The highest BCUT2D eigenvalue weighted by molar-refractivity contribution is 6.31. The summed E-state index contributed by atoms with van der Waals surface area (Å²) < 4.78 is 3.39. The summed E-state index contributed by atoms with van der Waals surface area (Å²) in [5.74, 6) is 1.36. The summed E-state index contributed by atoms with van der Waals surface area (Å²) in [6, 6.07) is 4.94. The maximum atomic E-state index is 12.2. The third-order valence-electron chi connectivity index (χ3n) is 3.63. The van der Waals surface area contributed by atoms with Crippen molar-refractivity contribution in [2.75, 3.05) is 0 Å². The second-order valence-corrected chi connectivity index (χ2v) is 5.37. The van der Waals surface area contributed by atoms with E-state index < -0.39 is 0 Å². The molecule has 1 aromatic carbocycles. The Balaban J connectivity index is 2.12. The predicted molar refractivity (Wildman–Crippen MR) is 79.2 cm³/mol. The van der Waals surface area contributed by atoms with Crippen molar-refractivity contribution in [3.63, 3.8) is 0 Å². The molecular formula is C13H10ClN7O. The molecule has 4 rings (SSSR count). The van der Waals surface area contributed by atoms with Gasteiger partial charge in [0.1, 0.15) is 11.3 Å². The Morgan fingerprint density at radius 2 is 2.09 bits per heavy atom. The number of rotatable bonds is 1. The molecule has 0 aliphatic rings. The summed E-state index contributed by atoms with van der Waals surface area (Å²) >= 11 is 6.02. The van der Waals surface area contributed by atoms with Crippen LogP contribution in [0.25, 0.3) is 28.1 Å². The van der Waals surface area contributed by atoms with Crippen molar-refractivity contribution in [1.82, 2.24) is 29.5 Å². The van der Waals surface area contributed by atoms with E-state index in [1.54, 1.807) is 28.9 Å². The predicted octanol–water partition coefficient (Wildman–Crippen LogP) is 1.27. The third kappa shape index (κ3) is 1.67. The van der Waals surface area contributed by atoms with Gasteiger partial charge in [-0.25, -0.2) is 4.52 Å². The molecule has 0 aliphatic heterocycles. The Morgan fingerprint density at radius 3 is 2.82 bits per heavy atom. The molecule has 0 saturated heterocycles. The van der Waals surface area contributed by atoms with Gasteiger partial charge in [-0.15, -0.1) is 10.2 Å². The molecule has 4 aromatic rings. The number of fused-ring (bicyclic) bond motifs is 3. The lowest BCUT2D eigenvalue weighted by Crippen LogP contribution is -2.33. The highest BCUT2D eigenvalue weighted by Crippen LogP contribution is 2.24. The first-order valence-corrected chi connectivity index (χ1v) is 6.87. The number of aryl methyl sites for hydroxylation is 1. The highest BCUT2D eigenvalue weighted by atomic mass is 35.5. The molecule has 0 bridgehead atoms. The lowest BCUT2D eigenvalue weighted by Gasteiger charge is -2.03. The normalized spacial score (nSPS) is 11.6. The fraction of sp³-hybridized carbons (Fsp3) is 0.154. The standard InChI is InChI=1S/C13H10ClN7O/c1-7-16-17-12(19(7)2)9-6-15-20-11-5-8(14)3-4-10(11)21(22)18-13(9)20/h3-6H,1-2H3. The zero-order chi connectivity index (χ0) is 15.4. The fourth-order valence-corrected chi connectivity index (χ4v) is 2.55. The van der Waals surface area contributed by atoms with Gasteiger partial charge in [-0.1, -0.05) is 11.6 Å². The van der Waals surface area contributed by atoms with Gasteiger partial charge in [0.15, 0.2) is 5.82 Å². The third-order valence-corrected chi connectivity index (χ3v) is 3.87. The van der Waals surface area contributed by atoms with Crippen LogP contribution < -0.4 is 4.85 Å². The largest absolute Gasteiger partial charge is 0.594 e. The molecule has 3 heterocycles. The first-order valence-electron chi connectivity index (χ1n) is 6.49. The van der Waals surface area contributed by atoms with Gasteiger partial charge >= 0.3 is 0 Å². The van der Waals surface area contributed by atoms with E-state index in [4.69, 9.17) is 11.6 Å². The molecule has 0 spiro atoms. The van der Waals surface area contributed by atoms with E-state index in [9.17, 15) is 5.21 Å². The maximum Gasteiger partial charge on any atom is 0.270 e. The second-order valence-electron chi connectivity index (χ2n) is 4.93. The summed E-state index contributed by atoms with van der Waals surface area (Å²) in [5.41, 5.74) is 2.01. The first kappa shape index (κ1) is 13.0. The molecule has 3 aromatic heterocycles. The van der Waals surface area contributed by atoms with E-state index in [0.717, 1.165) is 5.82 Å². The summed E-state index contributed by atoms with van der Waals surface area (Å²) in [4.78, 5) is 0.565. The van der Waals surface area contributed by atoms with Crippen LogP contribution in [0.3, 0.4) is 0 Å². The zero-order valence-corrected chi connectivity index (χ0v) is 12.5. The molecule has 22 heavy (non-hydrogen) atoms. The van der Waals surface area contributed by atoms with Crippen molar-refractivity contribution in [1.29, 1.82) is 0 Å². The van der Waals surface area contributed by atoms with Crippen LogP contribution in [0.2, 0.25) is 5.02 Å². The Hall–Kier alpha value is -2.74. The van der Waals surface area contributed by atoms with Crippen LogP contribution in [0, 0.1) is 12.1 Å². The molecular weight excluding hydrogens is 306 g/mol. The van der Waals surface area contributed by atoms with E-state index in [0.29, 0.717) is 37.9 Å². The molecule has 0 radical (unpaired) electrons. The topological polar surface area (TPSA) is 87.8 Å². The molecule has 0 atom stereocenters. The molecule has 0 saturated carbocycles. The Labute approximate surface area is 129 Å². The van der Waals surface area contributed by atoms with E-state index in [1.165, 1.54) is 0 Å². The maximum absolute atomic E-state index is 12.2. The average Bonchev–Trinajstić information content (AvgIpc) is 3.04. The quantitative estimate of drug-likeness (QED) is 0.390. The fourth-order valence-electron chi connectivity index (χ4n) is 2.38. The SMILES string of the molecule is Cc1nnc(-c2cnn3c2n[n+]([O-])c2ccc(Cl)cc23)n1C. The van der Waals surface area contributed by atoms with Crippen LogP contribution in [0.5, 0.6) is 0 Å². The van der Waals surface area contributed by atoms with Crippen LogP contribution in [0.1, 0.15) is 5.82 Å². The van der Waals surface area contributed by atoms with Crippen LogP contribution in [-0.4, -0.2) is 29.5 Å². The molecule has 0 aliphatic carbocycles. The van der Waals surface area contributed by atoms with Gasteiger partial charge in [0.2, 0.25) is 5.65 Å². The monoisotopic (exact) mass is 315 g/mol. The van der Waals surface area contributed by atoms with Crippen molar-refractivity contribution < 1.29 is 4.85 Å². The number of halogens is 1. The van der Waals surface area contributed by atoms with Gasteiger partial charge in [-0.3, -0.25) is 0 Å². The smallest absolute Gasteiger partial charge is 0.270 e. The molecule has 0 fully saturated rings. The van der Waals surface area contributed by atoms with Gasteiger partial charge in [0.25, 0.3) is 5.52 Å². The van der Waals surface area contributed by atoms with Crippen LogP contribution >= 0.6 is 11.6 Å². The molecule has 0 amide bonds. The van der Waals surface area contributed by atoms with Crippen molar-refractivity contribution in [3.05, 3.63) is 40.5 Å². The van der Waals surface area contributed by atoms with Crippen molar-refractivity contribution in [3.8, 4) is 11.4 Å². The van der Waals surface area contributed by atoms with Gasteiger partial charge < -0.3 is 9.77 Å². The number of hydrogen-bond donors (Lipinski definition) is 0. The first-order chi connectivity index (χ1) is 10.6. The van der Waals surface area contributed by atoms with Crippen LogP contribution in [-0.2, 0) is 7.05 Å². The Kier molecular flexibility index (Phi) is 2.58. The van der Waals surface area contributed by atoms with Gasteiger partial charge in [0, 0.05) is 23.2 Å². The van der Waals surface area contributed by atoms with Gasteiger partial charge in [-0.2, -0.15) is 5.10 Å². The second kappa shape index (κ2) is 4.38. The van der Waals surface area contributed by atoms with Gasteiger partial charge in [-0.05, 0) is 23.9 Å². The zero-order valence-electron chi connectivity index (χ0n) is 11.7. The van der Waals surface area contributed by atoms with E-state index in [2.05, 4.69) is 20.4 Å². The summed E-state index contributed by atoms with van der Waals surface area (Å²) in [6.45, 7) is 1.85. The summed E-state index contributed by atoms with van der Waals surface area (Å²) in [5, 5.41) is 29.2. The Morgan fingerprint density at radius 1 is 1.27 bits per heavy atom. The molecule has 8 nitrogen and oxygen atoms in total. The molecule has 0 N–H and O–H groups in total. The number of aromatic nitrogens is 7. The van der Waals surface area contributed by atoms with Crippen molar-refractivity contribution >= 4 is 28.3 Å². The summed E-state index contributed by atoms with van der Waals surface area (Å²) in [6.07, 6.45) is 1.62. The minimum atomic E-state index is 0.390. The Bertz CT molecular complexity index is 1040. The van der Waals surface area contributed by atoms with Crippen LogP contribution in [0.15, 0.2) is 24.4 Å². The van der Waals surface area contributed by atoms with E-state index >= 15 is 0 Å². The highest BCUT2D eigenvalue weighted by Gasteiger charge is 2.20. The number of hydrogen-bond acceptors (Lipinski definition) is 5.